The van der Waals surface area contributed by atoms with Crippen LogP contribution in [-0.2, 0) is 0 Å². The Balaban J connectivity index is 2.62. The first-order valence-corrected chi connectivity index (χ1v) is 6.72. The van der Waals surface area contributed by atoms with E-state index in [0.717, 1.165) is 21.2 Å². The molecule has 1 aromatic carbocycles. The molecular formula is C14H15BrFN3. The summed E-state index contributed by atoms with van der Waals surface area (Å²) in [5, 5.41) is 2.75. The monoisotopic (exact) mass is 323 g/mol. The predicted octanol–water partition coefficient (Wildman–Crippen LogP) is 4.01. The van der Waals surface area contributed by atoms with Crippen molar-refractivity contribution >= 4 is 21.7 Å². The van der Waals surface area contributed by atoms with Gasteiger partial charge in [0.25, 0.3) is 0 Å². The van der Waals surface area contributed by atoms with E-state index in [4.69, 9.17) is 0 Å². The van der Waals surface area contributed by atoms with E-state index >= 15 is 0 Å². The lowest BCUT2D eigenvalue weighted by Gasteiger charge is -2.10. The fourth-order valence-corrected chi connectivity index (χ4v) is 2.16. The van der Waals surface area contributed by atoms with Gasteiger partial charge in [-0.15, -0.1) is 0 Å². The van der Waals surface area contributed by atoms with Gasteiger partial charge >= 0.3 is 0 Å². The van der Waals surface area contributed by atoms with Crippen LogP contribution >= 0.6 is 15.9 Å². The fraction of sp³-hybridized carbons (Fsp3) is 0.286. The maximum Gasteiger partial charge on any atom is 0.186 e. The Bertz CT molecular complexity index is 618. The van der Waals surface area contributed by atoms with Crippen LogP contribution in [0.3, 0.4) is 0 Å². The third kappa shape index (κ3) is 2.61. The van der Waals surface area contributed by atoms with Gasteiger partial charge in [-0.05, 0) is 44.0 Å². The first-order valence-electron chi connectivity index (χ1n) is 5.93. The summed E-state index contributed by atoms with van der Waals surface area (Å²) in [7, 11) is 1.65. The van der Waals surface area contributed by atoms with Gasteiger partial charge in [0.05, 0.1) is 5.69 Å². The van der Waals surface area contributed by atoms with E-state index in [9.17, 15) is 4.39 Å². The highest BCUT2D eigenvalue weighted by molar-refractivity contribution is 9.10. The van der Waals surface area contributed by atoms with Crippen LogP contribution in [0.2, 0.25) is 0 Å². The SMILES string of the molecule is CNc1nc(-c2cc(C)c(Br)c(C)c2)nc(C)c1F. The molecule has 0 saturated heterocycles. The van der Waals surface area contributed by atoms with Gasteiger partial charge in [0.2, 0.25) is 0 Å². The van der Waals surface area contributed by atoms with Gasteiger partial charge in [-0.2, -0.15) is 0 Å². The lowest BCUT2D eigenvalue weighted by atomic mass is 10.1. The van der Waals surface area contributed by atoms with Crippen molar-refractivity contribution in [1.82, 2.24) is 9.97 Å². The molecule has 0 aliphatic rings. The quantitative estimate of drug-likeness (QED) is 0.907. The number of hydrogen-bond acceptors (Lipinski definition) is 3. The van der Waals surface area contributed by atoms with Gasteiger partial charge < -0.3 is 5.32 Å². The molecule has 2 aromatic rings. The molecule has 1 heterocycles. The van der Waals surface area contributed by atoms with Crippen molar-refractivity contribution < 1.29 is 4.39 Å². The van der Waals surface area contributed by atoms with Crippen LogP contribution < -0.4 is 5.32 Å². The van der Waals surface area contributed by atoms with E-state index in [1.165, 1.54) is 0 Å². The first kappa shape index (κ1) is 13.9. The van der Waals surface area contributed by atoms with Crippen molar-refractivity contribution in [2.45, 2.75) is 20.8 Å². The van der Waals surface area contributed by atoms with Gasteiger partial charge in [-0.3, -0.25) is 0 Å². The molecule has 0 aliphatic carbocycles. The summed E-state index contributed by atoms with van der Waals surface area (Å²) in [4.78, 5) is 8.44. The minimum absolute atomic E-state index is 0.223. The molecule has 0 amide bonds. The zero-order valence-corrected chi connectivity index (χ0v) is 12.9. The molecule has 0 unspecified atom stereocenters. The van der Waals surface area contributed by atoms with Crippen molar-refractivity contribution in [3.8, 4) is 11.4 Å². The second-order valence-corrected chi connectivity index (χ2v) is 5.26. The van der Waals surface area contributed by atoms with E-state index in [1.807, 2.05) is 26.0 Å². The van der Waals surface area contributed by atoms with Crippen LogP contribution in [0.1, 0.15) is 16.8 Å². The Morgan fingerprint density at radius 3 is 2.21 bits per heavy atom. The van der Waals surface area contributed by atoms with Crippen LogP contribution in [0.4, 0.5) is 10.2 Å². The third-order valence-electron chi connectivity index (χ3n) is 2.95. The maximum absolute atomic E-state index is 13.7. The molecule has 1 aromatic heterocycles. The highest BCUT2D eigenvalue weighted by Gasteiger charge is 2.13. The molecule has 2 rings (SSSR count). The topological polar surface area (TPSA) is 37.8 Å². The van der Waals surface area contributed by atoms with E-state index < -0.39 is 5.82 Å². The van der Waals surface area contributed by atoms with Crippen molar-refractivity contribution in [3.63, 3.8) is 0 Å². The summed E-state index contributed by atoms with van der Waals surface area (Å²) in [6, 6.07) is 3.98. The lowest BCUT2D eigenvalue weighted by molar-refractivity contribution is 0.607. The van der Waals surface area contributed by atoms with E-state index in [0.29, 0.717) is 11.5 Å². The molecule has 0 radical (unpaired) electrons. The standard InChI is InChI=1S/C14H15BrFN3/c1-7-5-10(6-8(2)11(7)15)13-18-9(3)12(16)14(17-4)19-13/h5-6H,1-4H3,(H,17,18,19). The number of nitrogens with zero attached hydrogens (tertiary/aromatic N) is 2. The van der Waals surface area contributed by atoms with Gasteiger partial charge in [-0.25, -0.2) is 14.4 Å². The average molecular weight is 324 g/mol. The number of aromatic nitrogens is 2. The Morgan fingerprint density at radius 2 is 1.68 bits per heavy atom. The second-order valence-electron chi connectivity index (χ2n) is 4.47. The Labute approximate surface area is 120 Å². The lowest BCUT2D eigenvalue weighted by Crippen LogP contribution is -2.03. The summed E-state index contributed by atoms with van der Waals surface area (Å²) in [5.41, 5.74) is 3.43. The summed E-state index contributed by atoms with van der Waals surface area (Å²) < 4.78 is 14.8. The molecule has 0 saturated carbocycles. The van der Waals surface area contributed by atoms with Crippen molar-refractivity contribution in [2.75, 3.05) is 12.4 Å². The summed E-state index contributed by atoms with van der Waals surface area (Å²) in [5.74, 6) is 0.347. The van der Waals surface area contributed by atoms with Gasteiger partial charge in [0, 0.05) is 17.1 Å². The van der Waals surface area contributed by atoms with E-state index in [2.05, 4.69) is 31.2 Å². The zero-order valence-electron chi connectivity index (χ0n) is 11.3. The van der Waals surface area contributed by atoms with Gasteiger partial charge in [0.15, 0.2) is 17.5 Å². The van der Waals surface area contributed by atoms with Crippen LogP contribution in [0.25, 0.3) is 11.4 Å². The number of halogens is 2. The molecule has 0 fully saturated rings. The largest absolute Gasteiger partial charge is 0.371 e. The fourth-order valence-electron chi connectivity index (χ4n) is 1.93. The predicted molar refractivity (Wildman–Crippen MR) is 78.9 cm³/mol. The van der Waals surface area contributed by atoms with Gasteiger partial charge in [0.1, 0.15) is 0 Å². The molecular weight excluding hydrogens is 309 g/mol. The highest BCUT2D eigenvalue weighted by Crippen LogP contribution is 2.28. The van der Waals surface area contributed by atoms with Crippen molar-refractivity contribution in [2.24, 2.45) is 0 Å². The molecule has 100 valence electrons. The molecule has 0 spiro atoms. The van der Waals surface area contributed by atoms with Crippen molar-refractivity contribution in [1.29, 1.82) is 0 Å². The molecule has 19 heavy (non-hydrogen) atoms. The van der Waals surface area contributed by atoms with Crippen LogP contribution in [0.15, 0.2) is 16.6 Å². The van der Waals surface area contributed by atoms with Gasteiger partial charge in [-0.1, -0.05) is 15.9 Å². The molecule has 3 nitrogen and oxygen atoms in total. The minimum Gasteiger partial charge on any atom is -0.371 e. The number of benzene rings is 1. The Morgan fingerprint density at radius 1 is 1.11 bits per heavy atom. The zero-order chi connectivity index (χ0) is 14.2. The number of rotatable bonds is 2. The number of nitrogens with one attached hydrogen (secondary N) is 1. The van der Waals surface area contributed by atoms with E-state index in [-0.39, 0.29) is 5.82 Å². The van der Waals surface area contributed by atoms with Crippen LogP contribution in [0.5, 0.6) is 0 Å². The molecule has 0 atom stereocenters. The molecule has 0 bridgehead atoms. The number of anilines is 1. The van der Waals surface area contributed by atoms with Crippen LogP contribution in [-0.4, -0.2) is 17.0 Å². The van der Waals surface area contributed by atoms with Crippen molar-refractivity contribution in [3.05, 3.63) is 39.2 Å². The summed E-state index contributed by atoms with van der Waals surface area (Å²) >= 11 is 3.53. The first-order chi connectivity index (χ1) is 8.93. The molecule has 5 heteroatoms. The third-order valence-corrected chi connectivity index (χ3v) is 4.20. The maximum atomic E-state index is 13.7. The summed E-state index contributed by atoms with van der Waals surface area (Å²) in [6.45, 7) is 5.66. The smallest absolute Gasteiger partial charge is 0.186 e. The van der Waals surface area contributed by atoms with E-state index in [1.54, 1.807) is 14.0 Å². The molecule has 1 N–H and O–H groups in total. The second kappa shape index (κ2) is 5.25. The number of aryl methyl sites for hydroxylation is 3. The highest BCUT2D eigenvalue weighted by atomic mass is 79.9. The Kier molecular flexibility index (Phi) is 3.85. The van der Waals surface area contributed by atoms with Crippen LogP contribution in [0, 0.1) is 26.6 Å². The normalized spacial score (nSPS) is 10.6. The minimum atomic E-state index is -0.406. The molecule has 0 aliphatic heterocycles. The number of hydrogen-bond donors (Lipinski definition) is 1. The Hall–Kier alpha value is -1.49. The summed E-state index contributed by atoms with van der Waals surface area (Å²) in [6.07, 6.45) is 0. The average Bonchev–Trinajstić information content (AvgIpc) is 2.38.